The number of carbonyl (C=O) groups excluding carboxylic acids is 2. The Kier molecular flexibility index (Phi) is 6.14. The molecule has 0 aliphatic carbocycles. The van der Waals surface area contributed by atoms with E-state index in [9.17, 15) is 41.1 Å². The molecule has 0 saturated carbocycles. The van der Waals surface area contributed by atoms with E-state index in [1.54, 1.807) is 26.0 Å². The van der Waals surface area contributed by atoms with Gasteiger partial charge in [0, 0.05) is 5.56 Å². The minimum absolute atomic E-state index is 0.166. The van der Waals surface area contributed by atoms with Crippen molar-refractivity contribution in [1.29, 1.82) is 0 Å². The van der Waals surface area contributed by atoms with E-state index in [1.807, 2.05) is 0 Å². The number of hydrogen-bond acceptors (Lipinski definition) is 4. The molecule has 0 N–H and O–H groups in total. The maximum atomic E-state index is 13.2. The Labute approximate surface area is 182 Å². The molecular weight excluding hydrogens is 458 g/mol. The molecule has 0 saturated heterocycles. The molecule has 0 radical (unpaired) electrons. The van der Waals surface area contributed by atoms with Gasteiger partial charge in [-0.2, -0.15) is 26.3 Å². The predicted octanol–water partition coefficient (Wildman–Crippen LogP) is 4.48. The SMILES string of the molecule is CCn1c2cc(C)ccc2c(C(=O)c2ccccc2C(=O)OC(C(F)(F)F)C(F)(F)F)[n+]1[O-]. The first-order chi connectivity index (χ1) is 15.3. The normalized spacial score (nSPS) is 12.4. The molecule has 6 nitrogen and oxygen atoms in total. The number of aryl methyl sites for hydroxylation is 2. The third kappa shape index (κ3) is 4.50. The molecule has 0 amide bonds. The molecule has 0 atom stereocenters. The topological polar surface area (TPSA) is 75.2 Å². The number of benzene rings is 2. The van der Waals surface area contributed by atoms with Gasteiger partial charge in [0.15, 0.2) is 0 Å². The summed E-state index contributed by atoms with van der Waals surface area (Å²) in [4.78, 5) is 25.8. The highest BCUT2D eigenvalue weighted by molar-refractivity contribution is 6.17. The molecule has 176 valence electrons. The minimum Gasteiger partial charge on any atom is -0.595 e. The van der Waals surface area contributed by atoms with Gasteiger partial charge in [-0.1, -0.05) is 23.0 Å². The molecular formula is C21H16F6N2O4. The van der Waals surface area contributed by atoms with Crippen LogP contribution in [0.25, 0.3) is 10.9 Å². The number of fused-ring (bicyclic) bond motifs is 1. The summed E-state index contributed by atoms with van der Waals surface area (Å²) in [5, 5.41) is 13.0. The average molecular weight is 474 g/mol. The van der Waals surface area contributed by atoms with Crippen LogP contribution in [0.4, 0.5) is 26.3 Å². The molecule has 3 rings (SSSR count). The van der Waals surface area contributed by atoms with Crippen LogP contribution in [0.5, 0.6) is 0 Å². The number of esters is 1. The molecule has 0 aliphatic heterocycles. The lowest BCUT2D eigenvalue weighted by Crippen LogP contribution is -2.45. The molecule has 0 unspecified atom stereocenters. The number of aromatic nitrogens is 2. The first kappa shape index (κ1) is 24.1. The largest absolute Gasteiger partial charge is 0.595 e. The average Bonchev–Trinajstić information content (AvgIpc) is 2.99. The summed E-state index contributed by atoms with van der Waals surface area (Å²) in [5.41, 5.74) is -0.680. The molecule has 0 bridgehead atoms. The summed E-state index contributed by atoms with van der Waals surface area (Å²) >= 11 is 0. The number of carbonyl (C=O) groups is 2. The monoisotopic (exact) mass is 474 g/mol. The summed E-state index contributed by atoms with van der Waals surface area (Å²) in [6.07, 6.45) is -16.2. The Morgan fingerprint density at radius 3 is 2.15 bits per heavy atom. The quantitative estimate of drug-likeness (QED) is 0.180. The Hall–Kier alpha value is -3.57. The van der Waals surface area contributed by atoms with Crippen molar-refractivity contribution in [3.05, 3.63) is 70.1 Å². The zero-order valence-electron chi connectivity index (χ0n) is 17.1. The van der Waals surface area contributed by atoms with E-state index in [4.69, 9.17) is 0 Å². The number of nitrogens with zero attached hydrogens (tertiary/aromatic N) is 2. The van der Waals surface area contributed by atoms with Crippen molar-refractivity contribution in [3.8, 4) is 0 Å². The molecule has 1 aromatic heterocycles. The fraction of sp³-hybridized carbons (Fsp3) is 0.286. The lowest BCUT2D eigenvalue weighted by atomic mass is 9.99. The second kappa shape index (κ2) is 8.41. The maximum Gasteiger partial charge on any atom is 0.434 e. The van der Waals surface area contributed by atoms with Crippen LogP contribution < -0.4 is 4.85 Å². The third-order valence-electron chi connectivity index (χ3n) is 4.82. The Balaban J connectivity index is 2.10. The van der Waals surface area contributed by atoms with Gasteiger partial charge in [0.1, 0.15) is 5.52 Å². The zero-order valence-corrected chi connectivity index (χ0v) is 17.1. The Bertz CT molecular complexity index is 1220. The third-order valence-corrected chi connectivity index (χ3v) is 4.82. The highest BCUT2D eigenvalue weighted by atomic mass is 19.4. The highest BCUT2D eigenvalue weighted by Gasteiger charge is 2.60. The fourth-order valence-corrected chi connectivity index (χ4v) is 3.36. The maximum absolute atomic E-state index is 13.2. The van der Waals surface area contributed by atoms with Crippen LogP contribution in [0.1, 0.15) is 38.9 Å². The van der Waals surface area contributed by atoms with Crippen molar-refractivity contribution in [2.24, 2.45) is 0 Å². The number of alkyl halides is 6. The van der Waals surface area contributed by atoms with Crippen molar-refractivity contribution in [1.82, 2.24) is 4.68 Å². The zero-order chi connectivity index (χ0) is 24.7. The molecule has 0 spiro atoms. The van der Waals surface area contributed by atoms with Crippen LogP contribution in [-0.4, -0.2) is 34.9 Å². The standard InChI is InChI=1S/C21H16F6N2O4/c1-3-28-15-10-11(2)8-9-14(15)16(29(28)32)17(30)12-6-4-5-7-13(12)18(31)33-19(20(22,23)24)21(25,26)27/h4-10,19H,3H2,1-2H3. The Morgan fingerprint density at radius 1 is 1.03 bits per heavy atom. The summed E-state index contributed by atoms with van der Waals surface area (Å²) in [7, 11) is 0. The van der Waals surface area contributed by atoms with Gasteiger partial charge in [-0.3, -0.25) is 4.79 Å². The van der Waals surface area contributed by atoms with Crippen molar-refractivity contribution < 1.29 is 45.5 Å². The van der Waals surface area contributed by atoms with Crippen LogP contribution in [0.3, 0.4) is 0 Å². The van der Waals surface area contributed by atoms with E-state index in [2.05, 4.69) is 4.74 Å². The van der Waals surface area contributed by atoms with E-state index in [0.717, 1.165) is 23.8 Å². The van der Waals surface area contributed by atoms with Crippen LogP contribution in [0.2, 0.25) is 0 Å². The van der Waals surface area contributed by atoms with Gasteiger partial charge in [-0.25, -0.2) is 4.79 Å². The summed E-state index contributed by atoms with van der Waals surface area (Å²) < 4.78 is 81.8. The van der Waals surface area contributed by atoms with Gasteiger partial charge in [0.25, 0.3) is 17.6 Å². The van der Waals surface area contributed by atoms with Crippen molar-refractivity contribution >= 4 is 22.7 Å². The number of ether oxygens (including phenoxy) is 1. The van der Waals surface area contributed by atoms with Crippen LogP contribution >= 0.6 is 0 Å². The van der Waals surface area contributed by atoms with Gasteiger partial charge in [-0.05, 0) is 43.7 Å². The van der Waals surface area contributed by atoms with Gasteiger partial charge < -0.3 is 9.94 Å². The molecule has 33 heavy (non-hydrogen) atoms. The number of rotatable bonds is 5. The van der Waals surface area contributed by atoms with E-state index >= 15 is 0 Å². The highest BCUT2D eigenvalue weighted by Crippen LogP contribution is 2.36. The van der Waals surface area contributed by atoms with E-state index in [0.29, 0.717) is 5.52 Å². The molecule has 2 aromatic carbocycles. The fourth-order valence-electron chi connectivity index (χ4n) is 3.36. The number of ketones is 1. The molecule has 0 aliphatic rings. The smallest absolute Gasteiger partial charge is 0.434 e. The molecule has 1 heterocycles. The molecule has 3 aromatic rings. The van der Waals surface area contributed by atoms with E-state index < -0.39 is 47.0 Å². The molecule has 12 heteroatoms. The second-order valence-corrected chi connectivity index (χ2v) is 7.10. The second-order valence-electron chi connectivity index (χ2n) is 7.10. The van der Waals surface area contributed by atoms with Gasteiger partial charge in [0.05, 0.1) is 17.5 Å². The number of halogens is 6. The van der Waals surface area contributed by atoms with Gasteiger partial charge in [-0.15, -0.1) is 4.68 Å². The van der Waals surface area contributed by atoms with Gasteiger partial charge >= 0.3 is 18.3 Å². The van der Waals surface area contributed by atoms with Gasteiger partial charge in [0.2, 0.25) is 0 Å². The lowest BCUT2D eigenvalue weighted by molar-refractivity contribution is -0.692. The first-order valence-electron chi connectivity index (χ1n) is 9.48. The Morgan fingerprint density at radius 2 is 1.61 bits per heavy atom. The summed E-state index contributed by atoms with van der Waals surface area (Å²) in [5.74, 6) is -3.07. The minimum atomic E-state index is -5.92. The van der Waals surface area contributed by atoms with E-state index in [1.165, 1.54) is 16.8 Å². The lowest BCUT2D eigenvalue weighted by Gasteiger charge is -2.23. The van der Waals surface area contributed by atoms with Crippen molar-refractivity contribution in [3.63, 3.8) is 0 Å². The number of hydrogen-bond donors (Lipinski definition) is 0. The predicted molar refractivity (Wildman–Crippen MR) is 102 cm³/mol. The van der Waals surface area contributed by atoms with E-state index in [-0.39, 0.29) is 16.8 Å². The van der Waals surface area contributed by atoms with Crippen LogP contribution in [0, 0.1) is 12.1 Å². The van der Waals surface area contributed by atoms with Crippen LogP contribution in [-0.2, 0) is 11.3 Å². The summed E-state index contributed by atoms with van der Waals surface area (Å²) in [6.45, 7) is 3.57. The molecule has 0 fully saturated rings. The van der Waals surface area contributed by atoms with Crippen molar-refractivity contribution in [2.75, 3.05) is 0 Å². The van der Waals surface area contributed by atoms with Crippen molar-refractivity contribution in [2.45, 2.75) is 38.8 Å². The summed E-state index contributed by atoms with van der Waals surface area (Å²) in [6, 6.07) is 8.98. The first-order valence-corrected chi connectivity index (χ1v) is 9.48. The van der Waals surface area contributed by atoms with Crippen LogP contribution in [0.15, 0.2) is 42.5 Å².